The molecule has 1 N–H and O–H groups in total. The Hall–Kier alpha value is -2.24. The molecule has 1 unspecified atom stereocenters. The van der Waals surface area contributed by atoms with E-state index >= 15 is 0 Å². The quantitative estimate of drug-likeness (QED) is 0.625. The number of carbonyl (C=O) groups excluding carboxylic acids is 1. The molecule has 1 amide bonds. The van der Waals surface area contributed by atoms with Crippen LogP contribution in [0.15, 0.2) is 29.3 Å². The molecule has 0 aliphatic carbocycles. The van der Waals surface area contributed by atoms with Crippen LogP contribution < -0.4 is 10.1 Å². The number of aliphatic imine (C=N–C) groups is 1. The lowest BCUT2D eigenvalue weighted by atomic mass is 10.0. The van der Waals surface area contributed by atoms with Crippen LogP contribution in [0.25, 0.3) is 0 Å². The van der Waals surface area contributed by atoms with Crippen LogP contribution in [-0.2, 0) is 11.3 Å². The van der Waals surface area contributed by atoms with Gasteiger partial charge in [-0.3, -0.25) is 4.79 Å². The zero-order chi connectivity index (χ0) is 18.9. The van der Waals surface area contributed by atoms with Gasteiger partial charge in [-0.15, -0.1) is 0 Å². The minimum absolute atomic E-state index is 0.0496. The summed E-state index contributed by atoms with van der Waals surface area (Å²) in [6.07, 6.45) is 2.51. The topological polar surface area (TPSA) is 57.2 Å². The Balaban J connectivity index is 2.00. The van der Waals surface area contributed by atoms with E-state index < -0.39 is 0 Å². The van der Waals surface area contributed by atoms with Crippen molar-refractivity contribution < 1.29 is 9.53 Å². The predicted octanol–water partition coefficient (Wildman–Crippen LogP) is 2.35. The Bertz CT molecular complexity index is 616. The maximum atomic E-state index is 11.7. The number of carbonyl (C=O) groups is 1. The molecule has 0 spiro atoms. The van der Waals surface area contributed by atoms with E-state index in [9.17, 15) is 4.79 Å². The molecule has 144 valence electrons. The molecule has 2 rings (SSSR count). The van der Waals surface area contributed by atoms with Gasteiger partial charge in [0.1, 0.15) is 5.75 Å². The minimum Gasteiger partial charge on any atom is -0.484 e. The number of amides is 1. The van der Waals surface area contributed by atoms with Gasteiger partial charge in [0, 0.05) is 33.7 Å². The molecule has 1 aromatic carbocycles. The molecule has 0 bridgehead atoms. The summed E-state index contributed by atoms with van der Waals surface area (Å²) in [4.78, 5) is 20.3. The summed E-state index contributed by atoms with van der Waals surface area (Å²) in [6, 6.07) is 7.80. The van der Waals surface area contributed by atoms with Gasteiger partial charge < -0.3 is 19.9 Å². The number of likely N-dealkylation sites (N-methyl/N-ethyl adjacent to an activating group) is 1. The summed E-state index contributed by atoms with van der Waals surface area (Å²) in [5.74, 6) is 2.33. The van der Waals surface area contributed by atoms with Gasteiger partial charge in [0.2, 0.25) is 0 Å². The van der Waals surface area contributed by atoms with Crippen LogP contribution in [0.4, 0.5) is 0 Å². The molecule has 1 aliphatic heterocycles. The fourth-order valence-corrected chi connectivity index (χ4v) is 2.98. The van der Waals surface area contributed by atoms with Crippen molar-refractivity contribution in [1.82, 2.24) is 15.1 Å². The molecule has 6 heteroatoms. The third-order valence-electron chi connectivity index (χ3n) is 4.46. The molecule has 0 aromatic heterocycles. The Morgan fingerprint density at radius 3 is 2.92 bits per heavy atom. The third-order valence-corrected chi connectivity index (χ3v) is 4.46. The number of rotatable bonds is 6. The maximum Gasteiger partial charge on any atom is 0.259 e. The van der Waals surface area contributed by atoms with Crippen LogP contribution in [0.3, 0.4) is 0 Å². The van der Waals surface area contributed by atoms with Crippen LogP contribution in [0.2, 0.25) is 0 Å². The van der Waals surface area contributed by atoms with Crippen molar-refractivity contribution in [1.29, 1.82) is 0 Å². The zero-order valence-corrected chi connectivity index (χ0v) is 16.5. The number of likely N-dealkylation sites (tertiary alicyclic amines) is 1. The van der Waals surface area contributed by atoms with Crippen LogP contribution in [0, 0.1) is 5.92 Å². The van der Waals surface area contributed by atoms with E-state index in [4.69, 9.17) is 9.73 Å². The lowest BCUT2D eigenvalue weighted by Crippen LogP contribution is -2.46. The standard InChI is InChI=1S/C20H32N4O2/c1-5-21-20(24-11-7-8-16(2)14-24)22-13-17-9-6-10-18(12-17)26-15-19(25)23(3)4/h6,9-10,12,16H,5,7-8,11,13-15H2,1-4H3,(H,21,22). The average molecular weight is 361 g/mol. The molecular weight excluding hydrogens is 328 g/mol. The number of nitrogens with zero attached hydrogens (tertiary/aromatic N) is 3. The first-order valence-corrected chi connectivity index (χ1v) is 9.44. The molecular formula is C20H32N4O2. The second-order valence-electron chi connectivity index (χ2n) is 7.09. The Morgan fingerprint density at radius 2 is 2.23 bits per heavy atom. The fraction of sp³-hybridized carbons (Fsp3) is 0.600. The highest BCUT2D eigenvalue weighted by molar-refractivity contribution is 5.80. The lowest BCUT2D eigenvalue weighted by molar-refractivity contribution is -0.130. The molecule has 1 aliphatic rings. The van der Waals surface area contributed by atoms with Crippen LogP contribution in [-0.4, -0.2) is 62.0 Å². The Kier molecular flexibility index (Phi) is 7.75. The summed E-state index contributed by atoms with van der Waals surface area (Å²) in [6.45, 7) is 8.01. The summed E-state index contributed by atoms with van der Waals surface area (Å²) in [7, 11) is 3.45. The molecule has 1 fully saturated rings. The maximum absolute atomic E-state index is 11.7. The first-order chi connectivity index (χ1) is 12.5. The van der Waals surface area contributed by atoms with Gasteiger partial charge in [-0.25, -0.2) is 4.99 Å². The van der Waals surface area contributed by atoms with E-state index in [1.807, 2.05) is 24.3 Å². The first kappa shape index (κ1) is 20.1. The van der Waals surface area contributed by atoms with Crippen LogP contribution >= 0.6 is 0 Å². The Morgan fingerprint density at radius 1 is 1.42 bits per heavy atom. The van der Waals surface area contributed by atoms with Gasteiger partial charge in [-0.05, 0) is 43.4 Å². The van der Waals surface area contributed by atoms with Crippen molar-refractivity contribution in [2.75, 3.05) is 40.3 Å². The number of piperidine rings is 1. The molecule has 0 saturated carbocycles. The van der Waals surface area contributed by atoms with E-state index in [1.54, 1.807) is 14.1 Å². The van der Waals surface area contributed by atoms with E-state index in [1.165, 1.54) is 17.7 Å². The third kappa shape index (κ3) is 6.24. The number of ether oxygens (including phenoxy) is 1. The fourth-order valence-electron chi connectivity index (χ4n) is 2.98. The van der Waals surface area contributed by atoms with Crippen molar-refractivity contribution in [3.63, 3.8) is 0 Å². The summed E-state index contributed by atoms with van der Waals surface area (Å²) in [5, 5.41) is 3.40. The molecule has 1 aromatic rings. The minimum atomic E-state index is -0.0536. The smallest absolute Gasteiger partial charge is 0.259 e. The first-order valence-electron chi connectivity index (χ1n) is 9.44. The highest BCUT2D eigenvalue weighted by atomic mass is 16.5. The van der Waals surface area contributed by atoms with E-state index in [-0.39, 0.29) is 12.5 Å². The Labute approximate surface area is 157 Å². The summed E-state index contributed by atoms with van der Waals surface area (Å²) < 4.78 is 5.59. The second-order valence-corrected chi connectivity index (χ2v) is 7.09. The second kappa shape index (κ2) is 10.0. The van der Waals surface area contributed by atoms with Crippen molar-refractivity contribution in [2.24, 2.45) is 10.9 Å². The molecule has 1 heterocycles. The number of hydrogen-bond acceptors (Lipinski definition) is 3. The SMILES string of the molecule is CCNC(=NCc1cccc(OCC(=O)N(C)C)c1)N1CCCC(C)C1. The highest BCUT2D eigenvalue weighted by Gasteiger charge is 2.19. The zero-order valence-electron chi connectivity index (χ0n) is 16.5. The number of guanidine groups is 1. The summed E-state index contributed by atoms with van der Waals surface area (Å²) >= 11 is 0. The average Bonchev–Trinajstić information content (AvgIpc) is 2.63. The van der Waals surface area contributed by atoms with Gasteiger partial charge in [0.05, 0.1) is 6.54 Å². The largest absolute Gasteiger partial charge is 0.484 e. The van der Waals surface area contributed by atoms with Gasteiger partial charge in [0.25, 0.3) is 5.91 Å². The van der Waals surface area contributed by atoms with Crippen molar-refractivity contribution in [3.05, 3.63) is 29.8 Å². The number of hydrogen-bond donors (Lipinski definition) is 1. The van der Waals surface area contributed by atoms with Crippen LogP contribution in [0.1, 0.15) is 32.3 Å². The molecule has 0 radical (unpaired) electrons. The molecule has 1 atom stereocenters. The monoisotopic (exact) mass is 360 g/mol. The highest BCUT2D eigenvalue weighted by Crippen LogP contribution is 2.17. The summed E-state index contributed by atoms with van der Waals surface area (Å²) in [5.41, 5.74) is 1.07. The molecule has 6 nitrogen and oxygen atoms in total. The number of nitrogens with one attached hydrogen (secondary N) is 1. The van der Waals surface area contributed by atoms with E-state index in [0.717, 1.165) is 31.2 Å². The van der Waals surface area contributed by atoms with Crippen molar-refractivity contribution in [3.8, 4) is 5.75 Å². The van der Waals surface area contributed by atoms with Gasteiger partial charge in [-0.2, -0.15) is 0 Å². The van der Waals surface area contributed by atoms with Crippen molar-refractivity contribution >= 4 is 11.9 Å². The van der Waals surface area contributed by atoms with E-state index in [0.29, 0.717) is 18.2 Å². The molecule has 1 saturated heterocycles. The van der Waals surface area contributed by atoms with Gasteiger partial charge >= 0.3 is 0 Å². The number of benzene rings is 1. The predicted molar refractivity (Wildman–Crippen MR) is 105 cm³/mol. The van der Waals surface area contributed by atoms with Gasteiger partial charge in [-0.1, -0.05) is 19.1 Å². The lowest BCUT2D eigenvalue weighted by Gasteiger charge is -2.33. The van der Waals surface area contributed by atoms with Crippen molar-refractivity contribution in [2.45, 2.75) is 33.2 Å². The van der Waals surface area contributed by atoms with E-state index in [2.05, 4.69) is 24.1 Å². The van der Waals surface area contributed by atoms with Gasteiger partial charge in [0.15, 0.2) is 12.6 Å². The normalized spacial score (nSPS) is 17.8. The molecule has 26 heavy (non-hydrogen) atoms. The van der Waals surface area contributed by atoms with Crippen LogP contribution in [0.5, 0.6) is 5.75 Å².